The molecular formula is C4H9NO5. The van der Waals surface area contributed by atoms with Gasteiger partial charge in [0.05, 0.1) is 25.5 Å². The van der Waals surface area contributed by atoms with E-state index in [2.05, 4.69) is 9.57 Å². The van der Waals surface area contributed by atoms with Gasteiger partial charge in [0.1, 0.15) is 0 Å². The van der Waals surface area contributed by atoms with Crippen LogP contribution in [0, 0.1) is 0 Å². The minimum Gasteiger partial charge on any atom is -0.469 e. The first kappa shape index (κ1) is 9.31. The molecule has 0 saturated carbocycles. The van der Waals surface area contributed by atoms with Crippen LogP contribution in [0.25, 0.3) is 0 Å². The van der Waals surface area contributed by atoms with Gasteiger partial charge < -0.3 is 4.74 Å². The third-order valence-electron chi connectivity index (χ3n) is 0.741. The summed E-state index contributed by atoms with van der Waals surface area (Å²) in [6, 6.07) is 0. The summed E-state index contributed by atoms with van der Waals surface area (Å²) in [7, 11) is 1.23. The Morgan fingerprint density at radius 2 is 2.20 bits per heavy atom. The molecule has 0 aromatic carbocycles. The third kappa shape index (κ3) is 5.45. The van der Waals surface area contributed by atoms with Crippen molar-refractivity contribution >= 4 is 5.97 Å². The van der Waals surface area contributed by atoms with Gasteiger partial charge >= 0.3 is 5.97 Å². The molecule has 0 aliphatic heterocycles. The lowest BCUT2D eigenvalue weighted by molar-refractivity contribution is -0.492. The maximum atomic E-state index is 10.3. The topological polar surface area (TPSA) is 79.2 Å². The zero-order chi connectivity index (χ0) is 7.98. The largest absolute Gasteiger partial charge is 0.469 e. The molecule has 6 heteroatoms. The summed E-state index contributed by atoms with van der Waals surface area (Å²) in [5.74, 6) is -0.471. The lowest BCUT2D eigenvalue weighted by Crippen LogP contribution is -2.17. The molecule has 0 aromatic heterocycles. The van der Waals surface area contributed by atoms with E-state index in [1.54, 1.807) is 0 Å². The summed E-state index contributed by atoms with van der Waals surface area (Å²) in [4.78, 5) is 14.4. The monoisotopic (exact) mass is 151 g/mol. The average molecular weight is 151 g/mol. The van der Waals surface area contributed by atoms with Crippen molar-refractivity contribution in [3.8, 4) is 0 Å². The molecular weight excluding hydrogens is 142 g/mol. The van der Waals surface area contributed by atoms with Gasteiger partial charge in [0, 0.05) is 0 Å². The van der Waals surface area contributed by atoms with Gasteiger partial charge in [-0.25, -0.2) is 0 Å². The Balaban J connectivity index is 3.12. The molecule has 0 aliphatic carbocycles. The Labute approximate surface area is 57.4 Å². The molecule has 60 valence electrons. The van der Waals surface area contributed by atoms with Crippen LogP contribution in [0.4, 0.5) is 0 Å². The van der Waals surface area contributed by atoms with Crippen molar-refractivity contribution in [2.45, 2.75) is 6.42 Å². The fourth-order valence-corrected chi connectivity index (χ4v) is 0.313. The highest BCUT2D eigenvalue weighted by Crippen LogP contribution is 1.86. The van der Waals surface area contributed by atoms with Crippen LogP contribution in [-0.4, -0.2) is 35.5 Å². The van der Waals surface area contributed by atoms with Crippen LogP contribution < -0.4 is 0 Å². The second-order valence-corrected chi connectivity index (χ2v) is 1.41. The third-order valence-corrected chi connectivity index (χ3v) is 0.741. The molecule has 0 bridgehead atoms. The summed E-state index contributed by atoms with van der Waals surface area (Å²) in [6.45, 7) is -0.125. The summed E-state index contributed by atoms with van der Waals surface area (Å²) in [6.07, 6.45) is -0.0197. The van der Waals surface area contributed by atoms with Gasteiger partial charge in [-0.1, -0.05) is 0 Å². The molecule has 0 fully saturated rings. The fraction of sp³-hybridized carbons (Fsp3) is 0.750. The number of methoxy groups -OCH3 is 1. The molecule has 0 saturated heterocycles. The quantitative estimate of drug-likeness (QED) is 0.419. The van der Waals surface area contributed by atoms with Crippen LogP contribution in [0.2, 0.25) is 0 Å². The van der Waals surface area contributed by atoms with E-state index in [9.17, 15) is 4.79 Å². The summed E-state index contributed by atoms with van der Waals surface area (Å²) in [5, 5.41) is 15.4. The van der Waals surface area contributed by atoms with Crippen molar-refractivity contribution in [3.63, 3.8) is 0 Å². The highest BCUT2D eigenvalue weighted by molar-refractivity contribution is 5.69. The Morgan fingerprint density at radius 1 is 1.60 bits per heavy atom. The van der Waals surface area contributed by atoms with Crippen LogP contribution in [0.15, 0.2) is 0 Å². The van der Waals surface area contributed by atoms with Crippen molar-refractivity contribution in [2.75, 3.05) is 13.7 Å². The molecule has 0 rings (SSSR count). The maximum absolute atomic E-state index is 10.3. The van der Waals surface area contributed by atoms with E-state index in [1.165, 1.54) is 7.11 Å². The minimum atomic E-state index is -0.471. The highest BCUT2D eigenvalue weighted by Gasteiger charge is 2.00. The van der Waals surface area contributed by atoms with E-state index in [4.69, 9.17) is 10.4 Å². The highest BCUT2D eigenvalue weighted by atomic mass is 17.1. The van der Waals surface area contributed by atoms with Gasteiger partial charge in [-0.3, -0.25) is 20.0 Å². The molecule has 0 heterocycles. The van der Waals surface area contributed by atoms with Gasteiger partial charge in [0.2, 0.25) is 0 Å². The molecule has 0 unspecified atom stereocenters. The fourth-order valence-electron chi connectivity index (χ4n) is 0.313. The van der Waals surface area contributed by atoms with Crippen molar-refractivity contribution in [1.82, 2.24) is 5.39 Å². The van der Waals surface area contributed by atoms with Crippen LogP contribution in [0.5, 0.6) is 0 Å². The van der Waals surface area contributed by atoms with Gasteiger partial charge in [-0.2, -0.15) is 0 Å². The molecule has 0 amide bonds. The number of esters is 1. The van der Waals surface area contributed by atoms with Crippen LogP contribution in [0.1, 0.15) is 6.42 Å². The predicted molar refractivity (Wildman–Crippen MR) is 28.0 cm³/mol. The van der Waals surface area contributed by atoms with Crippen molar-refractivity contribution in [2.24, 2.45) is 0 Å². The van der Waals surface area contributed by atoms with Crippen molar-refractivity contribution < 1.29 is 24.8 Å². The number of nitrogens with zero attached hydrogens (tertiary/aromatic N) is 1. The second kappa shape index (κ2) is 5.12. The van der Waals surface area contributed by atoms with E-state index in [-0.39, 0.29) is 13.0 Å². The molecule has 0 atom stereocenters. The zero-order valence-electron chi connectivity index (χ0n) is 5.48. The number of carbonyl (C=O) groups excluding carboxylic acids is 1. The van der Waals surface area contributed by atoms with Crippen LogP contribution >= 0.6 is 0 Å². The first-order valence-electron chi connectivity index (χ1n) is 2.54. The first-order valence-corrected chi connectivity index (χ1v) is 2.54. The number of rotatable bonds is 4. The van der Waals surface area contributed by atoms with E-state index in [0.29, 0.717) is 0 Å². The second-order valence-electron chi connectivity index (χ2n) is 1.41. The normalized spacial score (nSPS) is 10.0. The lowest BCUT2D eigenvalue weighted by Gasteiger charge is -2.03. The summed E-state index contributed by atoms with van der Waals surface area (Å²) < 4.78 is 4.23. The smallest absolute Gasteiger partial charge is 0.307 e. The molecule has 2 N–H and O–H groups in total. The van der Waals surface area contributed by atoms with Crippen molar-refractivity contribution in [3.05, 3.63) is 0 Å². The Kier molecular flexibility index (Phi) is 4.77. The standard InChI is InChI=1S/C4H9NO5/c1-9-4(6)2-3-10-5(7)8/h7-8H,2-3H2,1H3. The van der Waals surface area contributed by atoms with E-state index in [0.717, 1.165) is 0 Å². The lowest BCUT2D eigenvalue weighted by atomic mass is 10.5. The van der Waals surface area contributed by atoms with E-state index < -0.39 is 11.4 Å². The SMILES string of the molecule is COC(=O)CCON(O)O. The van der Waals surface area contributed by atoms with E-state index in [1.807, 2.05) is 0 Å². The Morgan fingerprint density at radius 3 is 2.60 bits per heavy atom. The van der Waals surface area contributed by atoms with Gasteiger partial charge in [-0.15, -0.1) is 0 Å². The maximum Gasteiger partial charge on any atom is 0.307 e. The number of ether oxygens (including phenoxy) is 1. The first-order chi connectivity index (χ1) is 4.66. The van der Waals surface area contributed by atoms with Gasteiger partial charge in [0.15, 0.2) is 0 Å². The molecule has 0 radical (unpaired) electrons. The van der Waals surface area contributed by atoms with Gasteiger partial charge in [0.25, 0.3) is 0 Å². The zero-order valence-corrected chi connectivity index (χ0v) is 5.48. The molecule has 0 aliphatic rings. The van der Waals surface area contributed by atoms with E-state index >= 15 is 0 Å². The number of carbonyl (C=O) groups is 1. The summed E-state index contributed by atoms with van der Waals surface area (Å²) in [5.41, 5.74) is 0. The minimum absolute atomic E-state index is 0.0197. The average Bonchev–Trinajstić information content (AvgIpc) is 1.87. The molecule has 0 spiro atoms. The predicted octanol–water partition coefficient (Wildman–Crippen LogP) is -0.439. The Bertz CT molecular complexity index is 104. The molecule has 0 aromatic rings. The van der Waals surface area contributed by atoms with Gasteiger partial charge in [-0.05, 0) is 0 Å². The molecule has 6 nitrogen and oxygen atoms in total. The van der Waals surface area contributed by atoms with Crippen LogP contribution in [-0.2, 0) is 14.4 Å². The summed E-state index contributed by atoms with van der Waals surface area (Å²) >= 11 is 0. The number of hydrogen-bond donors (Lipinski definition) is 2. The number of hydrogen-bond acceptors (Lipinski definition) is 6. The van der Waals surface area contributed by atoms with Crippen molar-refractivity contribution in [1.29, 1.82) is 0 Å². The van der Waals surface area contributed by atoms with Crippen LogP contribution in [0.3, 0.4) is 0 Å². The molecule has 10 heavy (non-hydrogen) atoms. The Hall–Kier alpha value is -0.690.